The molecule has 28 heavy (non-hydrogen) atoms. The van der Waals surface area contributed by atoms with Gasteiger partial charge in [0.25, 0.3) is 0 Å². The Morgan fingerprint density at radius 3 is 2.75 bits per heavy atom. The summed E-state index contributed by atoms with van der Waals surface area (Å²) in [6.45, 7) is 5.94. The minimum absolute atomic E-state index is 0. The number of likely N-dealkylation sites (tertiary alicyclic amines) is 1. The van der Waals surface area contributed by atoms with Crippen molar-refractivity contribution in [1.29, 1.82) is 0 Å². The van der Waals surface area contributed by atoms with Crippen LogP contribution < -0.4 is 10.6 Å². The summed E-state index contributed by atoms with van der Waals surface area (Å²) in [6, 6.07) is 10.7. The number of guanidine groups is 1. The molecule has 1 aromatic rings. The topological polar surface area (TPSA) is 66.0 Å². The van der Waals surface area contributed by atoms with Crippen molar-refractivity contribution in [3.05, 3.63) is 35.9 Å². The van der Waals surface area contributed by atoms with Gasteiger partial charge in [0.15, 0.2) is 5.96 Å². The van der Waals surface area contributed by atoms with Crippen LogP contribution in [-0.2, 0) is 16.0 Å². The summed E-state index contributed by atoms with van der Waals surface area (Å²) in [4.78, 5) is 18.0. The summed E-state index contributed by atoms with van der Waals surface area (Å²) in [6.07, 6.45) is 4.58. The summed E-state index contributed by atoms with van der Waals surface area (Å²) in [5.74, 6) is 1.05. The van der Waals surface area contributed by atoms with E-state index in [1.807, 2.05) is 17.9 Å². The number of nitrogens with one attached hydrogen (secondary N) is 2. The zero-order valence-corrected chi connectivity index (χ0v) is 19.5. The van der Waals surface area contributed by atoms with Gasteiger partial charge in [-0.05, 0) is 31.2 Å². The second-order valence-electron chi connectivity index (χ2n) is 6.88. The van der Waals surface area contributed by atoms with E-state index in [0.717, 1.165) is 64.5 Å². The maximum atomic E-state index is 11.8. The van der Waals surface area contributed by atoms with Crippen LogP contribution >= 0.6 is 24.0 Å². The van der Waals surface area contributed by atoms with E-state index in [-0.39, 0.29) is 35.9 Å². The number of ether oxygens (including phenoxy) is 1. The van der Waals surface area contributed by atoms with Gasteiger partial charge in [0.05, 0.1) is 6.61 Å². The van der Waals surface area contributed by atoms with E-state index < -0.39 is 0 Å². The molecule has 0 aromatic heterocycles. The first-order chi connectivity index (χ1) is 13.2. The van der Waals surface area contributed by atoms with E-state index in [2.05, 4.69) is 39.9 Å². The molecule has 1 saturated heterocycles. The molecule has 1 fully saturated rings. The van der Waals surface area contributed by atoms with Crippen LogP contribution in [0.2, 0.25) is 0 Å². The van der Waals surface area contributed by atoms with Gasteiger partial charge in [0.1, 0.15) is 0 Å². The minimum atomic E-state index is 0. The number of aliphatic imine (C=N–C) groups is 1. The summed E-state index contributed by atoms with van der Waals surface area (Å²) < 4.78 is 5.71. The van der Waals surface area contributed by atoms with Crippen molar-refractivity contribution in [2.24, 2.45) is 4.99 Å². The van der Waals surface area contributed by atoms with Gasteiger partial charge in [-0.1, -0.05) is 37.3 Å². The highest BCUT2D eigenvalue weighted by Gasteiger charge is 2.25. The van der Waals surface area contributed by atoms with Crippen LogP contribution in [0.4, 0.5) is 0 Å². The predicted octanol–water partition coefficient (Wildman–Crippen LogP) is 2.82. The highest BCUT2D eigenvalue weighted by molar-refractivity contribution is 14.0. The van der Waals surface area contributed by atoms with Crippen molar-refractivity contribution in [2.75, 3.05) is 39.9 Å². The third-order valence-corrected chi connectivity index (χ3v) is 4.79. The molecule has 0 spiro atoms. The molecule has 1 aliphatic heterocycles. The Hall–Kier alpha value is -1.35. The predicted molar refractivity (Wildman–Crippen MR) is 125 cm³/mol. The molecule has 0 aliphatic carbocycles. The third kappa shape index (κ3) is 9.23. The number of nitrogens with zero attached hydrogens (tertiary/aromatic N) is 2. The van der Waals surface area contributed by atoms with Crippen LogP contribution in [0, 0.1) is 0 Å². The highest BCUT2D eigenvalue weighted by Crippen LogP contribution is 2.10. The number of carbonyl (C=O) groups excluding carboxylic acids is 1. The lowest BCUT2D eigenvalue weighted by Gasteiger charge is -2.18. The summed E-state index contributed by atoms with van der Waals surface area (Å²) >= 11 is 0. The van der Waals surface area contributed by atoms with Crippen molar-refractivity contribution < 1.29 is 9.53 Å². The smallest absolute Gasteiger partial charge is 0.222 e. The van der Waals surface area contributed by atoms with E-state index in [1.54, 1.807) is 7.05 Å². The van der Waals surface area contributed by atoms with Crippen molar-refractivity contribution in [3.63, 3.8) is 0 Å². The first kappa shape index (κ1) is 24.7. The van der Waals surface area contributed by atoms with Gasteiger partial charge in [0, 0.05) is 45.8 Å². The fourth-order valence-electron chi connectivity index (χ4n) is 3.19. The number of benzene rings is 1. The lowest BCUT2D eigenvalue weighted by molar-refractivity contribution is -0.129. The number of hydrogen-bond donors (Lipinski definition) is 2. The minimum Gasteiger partial charge on any atom is -0.381 e. The maximum absolute atomic E-state index is 11.8. The first-order valence-electron chi connectivity index (χ1n) is 10.1. The Kier molecular flexibility index (Phi) is 12.9. The number of carbonyl (C=O) groups is 1. The van der Waals surface area contributed by atoms with Crippen LogP contribution in [-0.4, -0.2) is 62.7 Å². The van der Waals surface area contributed by atoms with E-state index in [0.29, 0.717) is 6.42 Å². The Morgan fingerprint density at radius 2 is 2.04 bits per heavy atom. The second kappa shape index (κ2) is 14.6. The molecule has 6 nitrogen and oxygen atoms in total. The summed E-state index contributed by atoms with van der Waals surface area (Å²) in [5, 5.41) is 6.77. The van der Waals surface area contributed by atoms with Crippen molar-refractivity contribution in [3.8, 4) is 0 Å². The summed E-state index contributed by atoms with van der Waals surface area (Å²) in [7, 11) is 1.78. The molecule has 158 valence electrons. The molecule has 0 bridgehead atoms. The van der Waals surface area contributed by atoms with Crippen LogP contribution in [0.15, 0.2) is 35.3 Å². The lowest BCUT2D eigenvalue weighted by atomic mass is 10.2. The van der Waals surface area contributed by atoms with E-state index >= 15 is 0 Å². The Morgan fingerprint density at radius 1 is 1.25 bits per heavy atom. The molecule has 1 atom stereocenters. The Bertz CT molecular complexity index is 583. The molecule has 1 unspecified atom stereocenters. The highest BCUT2D eigenvalue weighted by atomic mass is 127. The van der Waals surface area contributed by atoms with Gasteiger partial charge in [-0.3, -0.25) is 9.79 Å². The molecule has 7 heteroatoms. The molecule has 2 rings (SSSR count). The van der Waals surface area contributed by atoms with Gasteiger partial charge in [-0.25, -0.2) is 0 Å². The monoisotopic (exact) mass is 502 g/mol. The average molecular weight is 502 g/mol. The van der Waals surface area contributed by atoms with Gasteiger partial charge >= 0.3 is 0 Å². The van der Waals surface area contributed by atoms with Crippen LogP contribution in [0.3, 0.4) is 0 Å². The average Bonchev–Trinajstić information content (AvgIpc) is 3.17. The molecule has 1 heterocycles. The van der Waals surface area contributed by atoms with Crippen LogP contribution in [0.1, 0.15) is 38.2 Å². The third-order valence-electron chi connectivity index (χ3n) is 4.79. The number of halogens is 1. The van der Waals surface area contributed by atoms with Crippen molar-refractivity contribution in [2.45, 2.75) is 45.1 Å². The number of rotatable bonds is 10. The van der Waals surface area contributed by atoms with E-state index in [1.165, 1.54) is 5.56 Å². The molecular weight excluding hydrogens is 467 g/mol. The quantitative estimate of drug-likeness (QED) is 0.224. The molecule has 1 amide bonds. The molecular formula is C21H35IN4O2. The fraction of sp³-hybridized carbons (Fsp3) is 0.619. The summed E-state index contributed by atoms with van der Waals surface area (Å²) in [5.41, 5.74) is 1.32. The molecule has 0 radical (unpaired) electrons. The van der Waals surface area contributed by atoms with Gasteiger partial charge in [-0.15, -0.1) is 24.0 Å². The standard InChI is InChI=1S/C21H34N4O2.HI/c1-3-20(26)25-14-11-19(17-25)24-21(22-2)23-13-7-8-15-27-16-12-18-9-5-4-6-10-18;/h4-6,9-10,19H,3,7-8,11-17H2,1-2H3,(H2,22,23,24);1H. The molecule has 2 N–H and O–H groups in total. The first-order valence-corrected chi connectivity index (χ1v) is 10.1. The van der Waals surface area contributed by atoms with E-state index in [4.69, 9.17) is 4.74 Å². The van der Waals surface area contributed by atoms with Crippen LogP contribution in [0.25, 0.3) is 0 Å². The number of hydrogen-bond acceptors (Lipinski definition) is 3. The SMILES string of the molecule is CCC(=O)N1CCC(NC(=NC)NCCCCOCCc2ccccc2)C1.I. The Labute approximate surface area is 186 Å². The normalized spacial score (nSPS) is 16.6. The zero-order chi connectivity index (χ0) is 19.3. The Balaban J connectivity index is 0.00000392. The largest absolute Gasteiger partial charge is 0.381 e. The van der Waals surface area contributed by atoms with Gasteiger partial charge in [-0.2, -0.15) is 0 Å². The zero-order valence-electron chi connectivity index (χ0n) is 17.2. The van der Waals surface area contributed by atoms with Crippen molar-refractivity contribution in [1.82, 2.24) is 15.5 Å². The lowest BCUT2D eigenvalue weighted by Crippen LogP contribution is -2.45. The maximum Gasteiger partial charge on any atom is 0.222 e. The number of unbranched alkanes of at least 4 members (excludes halogenated alkanes) is 1. The number of amides is 1. The molecule has 1 aromatic carbocycles. The van der Waals surface area contributed by atoms with Crippen LogP contribution in [0.5, 0.6) is 0 Å². The molecule has 1 aliphatic rings. The van der Waals surface area contributed by atoms with Gasteiger partial charge < -0.3 is 20.3 Å². The second-order valence-corrected chi connectivity index (χ2v) is 6.88. The van der Waals surface area contributed by atoms with Crippen molar-refractivity contribution >= 4 is 35.8 Å². The fourth-order valence-corrected chi connectivity index (χ4v) is 3.19. The molecule has 0 saturated carbocycles. The van der Waals surface area contributed by atoms with E-state index in [9.17, 15) is 4.79 Å². The van der Waals surface area contributed by atoms with Gasteiger partial charge in [0.2, 0.25) is 5.91 Å².